The predicted molar refractivity (Wildman–Crippen MR) is 116 cm³/mol. The molecule has 0 radical (unpaired) electrons. The molecule has 6 atom stereocenters. The van der Waals surface area contributed by atoms with Crippen LogP contribution in [0.1, 0.15) is 71.6 Å². The van der Waals surface area contributed by atoms with Crippen LogP contribution < -0.4 is 10.6 Å². The summed E-state index contributed by atoms with van der Waals surface area (Å²) in [6.45, 7) is 4.70. The number of carbonyl (C=O) groups is 2. The maximum absolute atomic E-state index is 12.4. The third-order valence-electron chi connectivity index (χ3n) is 5.67. The molecule has 0 bridgehead atoms. The Morgan fingerprint density at radius 3 is 2.32 bits per heavy atom. The van der Waals surface area contributed by atoms with Gasteiger partial charge < -0.3 is 35.4 Å². The number of amides is 2. The van der Waals surface area contributed by atoms with E-state index < -0.39 is 36.6 Å². The molecule has 1 aliphatic rings. The van der Waals surface area contributed by atoms with Crippen molar-refractivity contribution in [2.45, 2.75) is 102 Å². The fraction of sp³-hybridized carbons (Fsp3) is 0.909. The normalized spacial score (nSPS) is 27.0. The molecule has 0 spiro atoms. The zero-order valence-electron chi connectivity index (χ0n) is 19.2. The largest absolute Gasteiger partial charge is 0.387 e. The maximum atomic E-state index is 12.4. The zero-order valence-corrected chi connectivity index (χ0v) is 19.2. The number of rotatable bonds is 15. The van der Waals surface area contributed by atoms with Crippen molar-refractivity contribution in [3.05, 3.63) is 0 Å². The van der Waals surface area contributed by atoms with Crippen molar-refractivity contribution in [1.82, 2.24) is 10.6 Å². The second kappa shape index (κ2) is 15.5. The second-order valence-corrected chi connectivity index (χ2v) is 8.34. The monoisotopic (exact) mass is 446 g/mol. The van der Waals surface area contributed by atoms with Crippen molar-refractivity contribution in [3.8, 4) is 0 Å². The summed E-state index contributed by atoms with van der Waals surface area (Å²) in [6.07, 6.45) is 1.60. The number of hydrogen-bond acceptors (Lipinski definition) is 7. The number of hydrogen-bond donors (Lipinski definition) is 5. The van der Waals surface area contributed by atoms with Crippen molar-refractivity contribution in [2.24, 2.45) is 5.92 Å². The predicted octanol–water partition coefficient (Wildman–Crippen LogP) is 0.840. The summed E-state index contributed by atoms with van der Waals surface area (Å²) in [5, 5.41) is 35.7. The summed E-state index contributed by atoms with van der Waals surface area (Å²) < 4.78 is 11.0. The summed E-state index contributed by atoms with van der Waals surface area (Å²) in [5.74, 6) is -0.668. The van der Waals surface area contributed by atoms with Crippen molar-refractivity contribution in [3.63, 3.8) is 0 Å². The van der Waals surface area contributed by atoms with Crippen LogP contribution in [0.5, 0.6) is 0 Å². The van der Waals surface area contributed by atoms with Crippen LogP contribution in [-0.4, -0.2) is 78.0 Å². The minimum absolute atomic E-state index is 0.0118. The molecule has 0 aromatic heterocycles. The lowest BCUT2D eigenvalue weighted by molar-refractivity contribution is -0.290. The number of ether oxygens (including phenoxy) is 2. The minimum Gasteiger partial charge on any atom is -0.387 e. The standard InChI is InChI=1S/C22H42N2O7/c1-4-5-6-7-8-11-14-30-22-18(27)16(25)17(26)19(31-22)21(29)24-13-10-9-12-15(2)20(28)23-3/h15-19,22,25-27H,4-14H2,1-3H3,(H,23,28)(H,24,29)/t15?,16-,17-,18?,19?,22+/m0/s1. The summed E-state index contributed by atoms with van der Waals surface area (Å²) in [6, 6.07) is 0. The van der Waals surface area contributed by atoms with E-state index in [-0.39, 0.29) is 11.8 Å². The molecular weight excluding hydrogens is 404 g/mol. The number of nitrogens with one attached hydrogen (secondary N) is 2. The summed E-state index contributed by atoms with van der Waals surface area (Å²) in [4.78, 5) is 23.9. The van der Waals surface area contributed by atoms with E-state index in [4.69, 9.17) is 9.47 Å². The van der Waals surface area contributed by atoms with E-state index in [0.29, 0.717) is 26.0 Å². The van der Waals surface area contributed by atoms with Gasteiger partial charge in [-0.1, -0.05) is 52.4 Å². The molecule has 2 amide bonds. The van der Waals surface area contributed by atoms with Gasteiger partial charge in [-0.2, -0.15) is 0 Å². The first-order valence-electron chi connectivity index (χ1n) is 11.6. The lowest BCUT2D eigenvalue weighted by Gasteiger charge is -2.39. The molecule has 9 heteroatoms. The van der Waals surface area contributed by atoms with Gasteiger partial charge in [0.05, 0.1) is 0 Å². The molecule has 5 N–H and O–H groups in total. The van der Waals surface area contributed by atoms with Crippen LogP contribution in [0.3, 0.4) is 0 Å². The molecule has 0 saturated carbocycles. The highest BCUT2D eigenvalue weighted by Gasteiger charge is 2.47. The molecule has 1 saturated heterocycles. The number of carbonyl (C=O) groups excluding carboxylic acids is 2. The van der Waals surface area contributed by atoms with Gasteiger partial charge in [0.15, 0.2) is 12.4 Å². The van der Waals surface area contributed by atoms with E-state index in [1.807, 2.05) is 6.92 Å². The van der Waals surface area contributed by atoms with Crippen LogP contribution >= 0.6 is 0 Å². The molecule has 9 nitrogen and oxygen atoms in total. The Morgan fingerprint density at radius 1 is 0.968 bits per heavy atom. The van der Waals surface area contributed by atoms with E-state index in [0.717, 1.165) is 25.7 Å². The maximum Gasteiger partial charge on any atom is 0.252 e. The molecule has 0 aromatic rings. The zero-order chi connectivity index (χ0) is 23.2. The van der Waals surface area contributed by atoms with Crippen LogP contribution in [0.2, 0.25) is 0 Å². The van der Waals surface area contributed by atoms with Gasteiger partial charge in [-0.05, 0) is 19.3 Å². The molecule has 182 valence electrons. The van der Waals surface area contributed by atoms with Crippen LogP contribution in [0.25, 0.3) is 0 Å². The number of aliphatic hydroxyl groups excluding tert-OH is 3. The molecular formula is C22H42N2O7. The van der Waals surface area contributed by atoms with E-state index in [1.165, 1.54) is 19.3 Å². The van der Waals surface area contributed by atoms with Gasteiger partial charge in [-0.15, -0.1) is 0 Å². The Bertz CT molecular complexity index is 520. The van der Waals surface area contributed by atoms with Gasteiger partial charge in [-0.25, -0.2) is 0 Å². The third kappa shape index (κ3) is 9.82. The smallest absolute Gasteiger partial charge is 0.252 e. The summed E-state index contributed by atoms with van der Waals surface area (Å²) in [5.41, 5.74) is 0. The lowest BCUT2D eigenvalue weighted by atomic mass is 9.98. The quantitative estimate of drug-likeness (QED) is 0.235. The molecule has 1 heterocycles. The second-order valence-electron chi connectivity index (χ2n) is 8.34. The Labute approximate surface area is 185 Å². The molecule has 1 rings (SSSR count). The first-order chi connectivity index (χ1) is 14.8. The number of aliphatic hydroxyl groups is 3. The Hall–Kier alpha value is -1.26. The lowest BCUT2D eigenvalue weighted by Crippen LogP contribution is -2.62. The first kappa shape index (κ1) is 27.8. The van der Waals surface area contributed by atoms with Crippen molar-refractivity contribution in [1.29, 1.82) is 0 Å². The molecule has 1 aliphatic heterocycles. The molecule has 1 fully saturated rings. The minimum atomic E-state index is -1.54. The van der Waals surface area contributed by atoms with Gasteiger partial charge in [0.2, 0.25) is 5.91 Å². The van der Waals surface area contributed by atoms with Gasteiger partial charge in [0.25, 0.3) is 5.91 Å². The van der Waals surface area contributed by atoms with E-state index >= 15 is 0 Å². The fourth-order valence-corrected chi connectivity index (χ4v) is 3.55. The highest BCUT2D eigenvalue weighted by molar-refractivity contribution is 5.81. The molecule has 31 heavy (non-hydrogen) atoms. The topological polar surface area (TPSA) is 137 Å². The van der Waals surface area contributed by atoms with Gasteiger partial charge in [-0.3, -0.25) is 9.59 Å². The fourth-order valence-electron chi connectivity index (χ4n) is 3.55. The first-order valence-corrected chi connectivity index (χ1v) is 11.6. The van der Waals surface area contributed by atoms with Crippen LogP contribution in [0.4, 0.5) is 0 Å². The van der Waals surface area contributed by atoms with Gasteiger partial charge >= 0.3 is 0 Å². The van der Waals surface area contributed by atoms with Crippen molar-refractivity contribution < 1.29 is 34.4 Å². The van der Waals surface area contributed by atoms with E-state index in [9.17, 15) is 24.9 Å². The third-order valence-corrected chi connectivity index (χ3v) is 5.67. The van der Waals surface area contributed by atoms with Crippen LogP contribution in [0, 0.1) is 5.92 Å². The molecule has 3 unspecified atom stereocenters. The van der Waals surface area contributed by atoms with Crippen LogP contribution in [0.15, 0.2) is 0 Å². The Morgan fingerprint density at radius 2 is 1.65 bits per heavy atom. The Kier molecular flexibility index (Phi) is 13.9. The van der Waals surface area contributed by atoms with Gasteiger partial charge in [0.1, 0.15) is 18.3 Å². The highest BCUT2D eigenvalue weighted by Crippen LogP contribution is 2.23. The van der Waals surface area contributed by atoms with E-state index in [2.05, 4.69) is 17.6 Å². The van der Waals surface area contributed by atoms with Crippen LogP contribution in [-0.2, 0) is 19.1 Å². The van der Waals surface area contributed by atoms with E-state index in [1.54, 1.807) is 7.05 Å². The summed E-state index contributed by atoms with van der Waals surface area (Å²) >= 11 is 0. The SMILES string of the molecule is CCCCCCCCO[C@@H]1OC(C(=O)NCCCCC(C)C(=O)NC)[C@@H](O)[C@H](O)C1O. The van der Waals surface area contributed by atoms with Gasteiger partial charge in [0, 0.05) is 26.1 Å². The average molecular weight is 447 g/mol. The number of unbranched alkanes of at least 4 members (excludes halogenated alkanes) is 6. The average Bonchev–Trinajstić information content (AvgIpc) is 2.77. The molecule has 0 aromatic carbocycles. The molecule has 0 aliphatic carbocycles. The van der Waals surface area contributed by atoms with Crippen molar-refractivity contribution in [2.75, 3.05) is 20.2 Å². The Balaban J connectivity index is 2.36. The summed E-state index contributed by atoms with van der Waals surface area (Å²) in [7, 11) is 1.60. The highest BCUT2D eigenvalue weighted by atomic mass is 16.7. The van der Waals surface area contributed by atoms with Crippen molar-refractivity contribution >= 4 is 11.8 Å².